The molecule has 0 N–H and O–H groups in total. The van der Waals surface area contributed by atoms with E-state index in [-0.39, 0.29) is 0 Å². The van der Waals surface area contributed by atoms with Crippen LogP contribution in [0.25, 0.3) is 38.9 Å². The molecule has 0 bridgehead atoms. The van der Waals surface area contributed by atoms with E-state index in [0.717, 1.165) is 67.2 Å². The number of para-hydroxylation sites is 4. The average molecular weight is 656 g/mol. The van der Waals surface area contributed by atoms with Gasteiger partial charge in [0, 0.05) is 68.5 Å². The van der Waals surface area contributed by atoms with Crippen LogP contribution in [0.2, 0.25) is 0 Å². The first-order valence-electron chi connectivity index (χ1n) is 17.1. The molecule has 0 atom stereocenters. The van der Waals surface area contributed by atoms with E-state index in [0.29, 0.717) is 5.82 Å². The molecule has 9 aromatic rings. The van der Waals surface area contributed by atoms with Crippen LogP contribution in [-0.4, -0.2) is 14.5 Å². The van der Waals surface area contributed by atoms with Crippen molar-refractivity contribution in [3.8, 4) is 17.1 Å². The van der Waals surface area contributed by atoms with E-state index in [1.807, 2.05) is 6.07 Å². The lowest BCUT2D eigenvalue weighted by atomic mass is 10.1. The summed E-state index contributed by atoms with van der Waals surface area (Å²) in [6, 6.07) is 66.2. The van der Waals surface area contributed by atoms with E-state index in [4.69, 9.17) is 0 Å². The van der Waals surface area contributed by atoms with Gasteiger partial charge in [-0.2, -0.15) is 0 Å². The molecule has 51 heavy (non-hydrogen) atoms. The number of hydrogen-bond donors (Lipinski definition) is 0. The van der Waals surface area contributed by atoms with E-state index in [1.54, 1.807) is 12.4 Å². The van der Waals surface area contributed by atoms with Crippen molar-refractivity contribution in [3.05, 3.63) is 200 Å². The van der Waals surface area contributed by atoms with Crippen LogP contribution < -0.4 is 9.80 Å². The number of fused-ring (bicyclic) bond motifs is 3. The van der Waals surface area contributed by atoms with Crippen LogP contribution in [0, 0.1) is 0 Å². The van der Waals surface area contributed by atoms with E-state index in [9.17, 15) is 0 Å². The number of hydrogen-bond acceptors (Lipinski definition) is 4. The minimum absolute atomic E-state index is 0.712. The summed E-state index contributed by atoms with van der Waals surface area (Å²) in [6.07, 6.45) is 3.56. The number of aromatic nitrogens is 3. The molecule has 0 saturated heterocycles. The maximum Gasteiger partial charge on any atom is 0.159 e. The van der Waals surface area contributed by atoms with Gasteiger partial charge in [0.1, 0.15) is 0 Å². The van der Waals surface area contributed by atoms with Gasteiger partial charge < -0.3 is 14.4 Å². The highest BCUT2D eigenvalue weighted by Crippen LogP contribution is 2.42. The summed E-state index contributed by atoms with van der Waals surface area (Å²) >= 11 is 0. The number of benzene rings is 7. The normalized spacial score (nSPS) is 11.1. The number of nitrogens with zero attached hydrogens (tertiary/aromatic N) is 5. The number of rotatable bonds is 8. The van der Waals surface area contributed by atoms with Gasteiger partial charge in [-0.3, -0.25) is 0 Å². The van der Waals surface area contributed by atoms with Crippen molar-refractivity contribution in [1.82, 2.24) is 14.5 Å². The second-order valence-corrected chi connectivity index (χ2v) is 12.4. The molecule has 7 aromatic carbocycles. The third-order valence-electron chi connectivity index (χ3n) is 9.26. The maximum absolute atomic E-state index is 4.47. The van der Waals surface area contributed by atoms with Crippen LogP contribution >= 0.6 is 0 Å². The minimum Gasteiger partial charge on any atom is -0.310 e. The van der Waals surface area contributed by atoms with Gasteiger partial charge in [0.05, 0.1) is 11.0 Å². The monoisotopic (exact) mass is 655 g/mol. The Morgan fingerprint density at radius 3 is 1.14 bits per heavy atom. The maximum atomic E-state index is 4.47. The Kier molecular flexibility index (Phi) is 7.76. The molecule has 0 aliphatic heterocycles. The minimum atomic E-state index is 0.712. The number of anilines is 6. The lowest BCUT2D eigenvalue weighted by Gasteiger charge is -2.26. The van der Waals surface area contributed by atoms with Gasteiger partial charge in [0.25, 0.3) is 0 Å². The van der Waals surface area contributed by atoms with E-state index < -0.39 is 0 Å². The highest BCUT2D eigenvalue weighted by molar-refractivity contribution is 6.12. The fourth-order valence-electron chi connectivity index (χ4n) is 6.97. The molecule has 242 valence electrons. The summed E-state index contributed by atoms with van der Waals surface area (Å²) in [5.41, 5.74) is 10.9. The third-order valence-corrected chi connectivity index (χ3v) is 9.26. The van der Waals surface area contributed by atoms with Gasteiger partial charge in [-0.25, -0.2) is 9.97 Å². The molecule has 0 unspecified atom stereocenters. The molecule has 0 spiro atoms. The standard InChI is InChI=1S/C46H33N5/c1-5-14-35(15-6-1)49(36-16-7-2-8-17-36)40-26-28-44-42(32-40)43-33-41(50(37-18-9-3-10-19-37)38-20-11-4-12-21-38)27-29-45(43)51(44)39-24-22-34(23-25-39)46-47-30-13-31-48-46/h1-33H. The molecule has 0 saturated carbocycles. The third kappa shape index (κ3) is 5.67. The van der Waals surface area contributed by atoms with Crippen molar-refractivity contribution in [2.45, 2.75) is 0 Å². The van der Waals surface area contributed by atoms with Gasteiger partial charge in [-0.1, -0.05) is 72.8 Å². The van der Waals surface area contributed by atoms with Crippen molar-refractivity contribution in [2.75, 3.05) is 9.80 Å². The van der Waals surface area contributed by atoms with Crippen LogP contribution in [-0.2, 0) is 0 Å². The van der Waals surface area contributed by atoms with Crippen LogP contribution in [0.15, 0.2) is 200 Å². The largest absolute Gasteiger partial charge is 0.310 e. The second kappa shape index (κ2) is 13.1. The van der Waals surface area contributed by atoms with Crippen molar-refractivity contribution in [3.63, 3.8) is 0 Å². The summed E-state index contributed by atoms with van der Waals surface area (Å²) in [5.74, 6) is 0.712. The molecular formula is C46H33N5. The molecule has 0 radical (unpaired) electrons. The molecule has 2 aromatic heterocycles. The Morgan fingerprint density at radius 2 is 0.745 bits per heavy atom. The molecule has 0 fully saturated rings. The first-order chi connectivity index (χ1) is 25.3. The van der Waals surface area contributed by atoms with Crippen molar-refractivity contribution >= 4 is 55.9 Å². The zero-order valence-electron chi connectivity index (χ0n) is 27.8. The Morgan fingerprint density at radius 1 is 0.353 bits per heavy atom. The van der Waals surface area contributed by atoms with E-state index in [1.165, 1.54) is 0 Å². The first kappa shape index (κ1) is 30.1. The average Bonchev–Trinajstić information content (AvgIpc) is 3.53. The summed E-state index contributed by atoms with van der Waals surface area (Å²) in [7, 11) is 0. The fourth-order valence-corrected chi connectivity index (χ4v) is 6.97. The SMILES string of the molecule is c1ccc(N(c2ccccc2)c2ccc3c(c2)c2cc(N(c4ccccc4)c4ccccc4)ccc2n3-c2ccc(-c3ncccn3)cc2)cc1. The fraction of sp³-hybridized carbons (Fsp3) is 0. The molecule has 0 aliphatic rings. The lowest BCUT2D eigenvalue weighted by molar-refractivity contribution is 1.16. The summed E-state index contributed by atoms with van der Waals surface area (Å²) < 4.78 is 2.36. The highest BCUT2D eigenvalue weighted by atomic mass is 15.1. The van der Waals surface area contributed by atoms with Crippen molar-refractivity contribution in [1.29, 1.82) is 0 Å². The quantitative estimate of drug-likeness (QED) is 0.163. The summed E-state index contributed by atoms with van der Waals surface area (Å²) in [5, 5.41) is 2.33. The van der Waals surface area contributed by atoms with Gasteiger partial charge in [-0.15, -0.1) is 0 Å². The zero-order valence-corrected chi connectivity index (χ0v) is 27.8. The molecule has 0 amide bonds. The lowest BCUT2D eigenvalue weighted by Crippen LogP contribution is -2.09. The molecule has 5 nitrogen and oxygen atoms in total. The Balaban J connectivity index is 1.28. The summed E-state index contributed by atoms with van der Waals surface area (Å²) in [6.45, 7) is 0. The van der Waals surface area contributed by atoms with E-state index in [2.05, 4.69) is 206 Å². The topological polar surface area (TPSA) is 37.2 Å². The Labute approximate surface area is 297 Å². The Bertz CT molecular complexity index is 2330. The van der Waals surface area contributed by atoms with Crippen molar-refractivity contribution < 1.29 is 0 Å². The molecule has 5 heteroatoms. The predicted molar refractivity (Wildman–Crippen MR) is 211 cm³/mol. The highest BCUT2D eigenvalue weighted by Gasteiger charge is 2.20. The first-order valence-corrected chi connectivity index (χ1v) is 17.1. The van der Waals surface area contributed by atoms with Crippen LogP contribution in [0.3, 0.4) is 0 Å². The van der Waals surface area contributed by atoms with Crippen molar-refractivity contribution in [2.24, 2.45) is 0 Å². The van der Waals surface area contributed by atoms with Gasteiger partial charge in [-0.05, 0) is 115 Å². The predicted octanol–water partition coefficient (Wildman–Crippen LogP) is 12.2. The molecule has 0 aliphatic carbocycles. The molecule has 9 rings (SSSR count). The zero-order chi connectivity index (χ0) is 34.0. The molecule has 2 heterocycles. The Hall–Kier alpha value is -6.98. The van der Waals surface area contributed by atoms with Crippen LogP contribution in [0.1, 0.15) is 0 Å². The smallest absolute Gasteiger partial charge is 0.159 e. The van der Waals surface area contributed by atoms with Gasteiger partial charge in [0.15, 0.2) is 5.82 Å². The summed E-state index contributed by atoms with van der Waals surface area (Å²) in [4.78, 5) is 13.6. The van der Waals surface area contributed by atoms with Gasteiger partial charge in [0.2, 0.25) is 0 Å². The van der Waals surface area contributed by atoms with Crippen LogP contribution in [0.5, 0.6) is 0 Å². The van der Waals surface area contributed by atoms with Gasteiger partial charge >= 0.3 is 0 Å². The van der Waals surface area contributed by atoms with Crippen LogP contribution in [0.4, 0.5) is 34.1 Å². The second-order valence-electron chi connectivity index (χ2n) is 12.4. The molecular weight excluding hydrogens is 623 g/mol. The van der Waals surface area contributed by atoms with E-state index >= 15 is 0 Å².